The summed E-state index contributed by atoms with van der Waals surface area (Å²) in [5.41, 5.74) is 1.08. The van der Waals surface area contributed by atoms with Gasteiger partial charge in [0.15, 0.2) is 0 Å². The van der Waals surface area contributed by atoms with E-state index in [1.165, 1.54) is 0 Å². The molecule has 5 nitrogen and oxygen atoms in total. The summed E-state index contributed by atoms with van der Waals surface area (Å²) < 4.78 is 7.60. The Labute approximate surface area is 106 Å². The maximum Gasteiger partial charge on any atom is 0.307 e. The van der Waals surface area contributed by atoms with Gasteiger partial charge in [0.2, 0.25) is 0 Å². The molecular weight excluding hydrogens is 232 g/mol. The summed E-state index contributed by atoms with van der Waals surface area (Å²) in [4.78, 5) is 15.6. The average Bonchev–Trinajstić information content (AvgIpc) is 2.82. The van der Waals surface area contributed by atoms with Gasteiger partial charge in [0.1, 0.15) is 5.82 Å². The van der Waals surface area contributed by atoms with Crippen LogP contribution in [0.2, 0.25) is 0 Å². The van der Waals surface area contributed by atoms with Crippen molar-refractivity contribution in [3.05, 3.63) is 17.7 Å². The zero-order valence-corrected chi connectivity index (χ0v) is 10.3. The molecule has 1 aromatic heterocycles. The van der Waals surface area contributed by atoms with Crippen molar-refractivity contribution in [2.24, 2.45) is 5.92 Å². The van der Waals surface area contributed by atoms with Crippen molar-refractivity contribution < 1.29 is 14.6 Å². The molecular formula is C13H18N2O3. The molecule has 0 aromatic carbocycles. The van der Waals surface area contributed by atoms with Crippen molar-refractivity contribution in [3.8, 4) is 0 Å². The van der Waals surface area contributed by atoms with Crippen LogP contribution in [-0.2, 0) is 22.5 Å². The van der Waals surface area contributed by atoms with Gasteiger partial charge in [-0.2, -0.15) is 0 Å². The third-order valence-corrected chi connectivity index (χ3v) is 3.95. The van der Waals surface area contributed by atoms with Gasteiger partial charge in [-0.1, -0.05) is 0 Å². The van der Waals surface area contributed by atoms with Crippen molar-refractivity contribution in [1.29, 1.82) is 0 Å². The van der Waals surface area contributed by atoms with Gasteiger partial charge in [0.25, 0.3) is 0 Å². The smallest absolute Gasteiger partial charge is 0.307 e. The number of rotatable bonds is 2. The Morgan fingerprint density at radius 3 is 3.11 bits per heavy atom. The number of carbonyl (C=O) groups is 1. The van der Waals surface area contributed by atoms with Crippen molar-refractivity contribution >= 4 is 5.97 Å². The van der Waals surface area contributed by atoms with Gasteiger partial charge in [0, 0.05) is 31.7 Å². The highest BCUT2D eigenvalue weighted by Crippen LogP contribution is 2.27. The Balaban J connectivity index is 1.78. The quantitative estimate of drug-likeness (QED) is 0.862. The first-order chi connectivity index (χ1) is 8.74. The minimum Gasteiger partial charge on any atom is -0.481 e. The zero-order valence-electron chi connectivity index (χ0n) is 10.3. The first kappa shape index (κ1) is 11.7. The third-order valence-electron chi connectivity index (χ3n) is 3.95. The first-order valence-electron chi connectivity index (χ1n) is 6.60. The highest BCUT2D eigenvalue weighted by Gasteiger charge is 2.27. The number of nitrogens with zero attached hydrogens (tertiary/aromatic N) is 2. The van der Waals surface area contributed by atoms with Gasteiger partial charge >= 0.3 is 5.97 Å². The molecule has 1 aromatic rings. The standard InChI is InChI=1S/C13H18N2O3/c16-13(17)9-3-4-15-7-11(14-12(15)6-9)10-2-1-5-18-8-10/h7,9-10H,1-6,8H2,(H,16,17). The van der Waals surface area contributed by atoms with E-state index in [0.717, 1.165) is 44.1 Å². The fourth-order valence-corrected chi connectivity index (χ4v) is 2.83. The van der Waals surface area contributed by atoms with Crippen LogP contribution in [0.1, 0.15) is 36.7 Å². The molecule has 0 saturated carbocycles. The minimum absolute atomic E-state index is 0.268. The van der Waals surface area contributed by atoms with Crippen LogP contribution in [0, 0.1) is 5.92 Å². The highest BCUT2D eigenvalue weighted by atomic mass is 16.5. The number of hydrogen-bond acceptors (Lipinski definition) is 3. The van der Waals surface area contributed by atoms with E-state index >= 15 is 0 Å². The van der Waals surface area contributed by atoms with Crippen LogP contribution in [-0.4, -0.2) is 33.8 Å². The van der Waals surface area contributed by atoms with E-state index in [1.54, 1.807) is 0 Å². The molecule has 2 aliphatic rings. The molecule has 1 saturated heterocycles. The Bertz CT molecular complexity index is 449. The molecule has 2 aliphatic heterocycles. The number of fused-ring (bicyclic) bond motifs is 1. The van der Waals surface area contributed by atoms with Crippen LogP contribution < -0.4 is 0 Å². The van der Waals surface area contributed by atoms with E-state index in [0.29, 0.717) is 18.8 Å². The van der Waals surface area contributed by atoms with Gasteiger partial charge in [0.05, 0.1) is 18.2 Å². The van der Waals surface area contributed by atoms with E-state index in [4.69, 9.17) is 9.84 Å². The number of aromatic nitrogens is 2. The predicted octanol–water partition coefficient (Wildman–Crippen LogP) is 1.42. The van der Waals surface area contributed by atoms with E-state index in [1.807, 2.05) is 0 Å². The van der Waals surface area contributed by atoms with Crippen LogP contribution in [0.5, 0.6) is 0 Å². The van der Waals surface area contributed by atoms with E-state index in [2.05, 4.69) is 15.7 Å². The Kier molecular flexibility index (Phi) is 3.07. The van der Waals surface area contributed by atoms with Crippen molar-refractivity contribution in [1.82, 2.24) is 9.55 Å². The van der Waals surface area contributed by atoms with Gasteiger partial charge in [-0.25, -0.2) is 4.98 Å². The second-order valence-electron chi connectivity index (χ2n) is 5.22. The Morgan fingerprint density at radius 1 is 1.50 bits per heavy atom. The molecule has 0 bridgehead atoms. The number of carboxylic acids is 1. The molecule has 2 unspecified atom stereocenters. The molecule has 2 atom stereocenters. The van der Waals surface area contributed by atoms with Gasteiger partial charge in [-0.15, -0.1) is 0 Å². The maximum atomic E-state index is 11.0. The fraction of sp³-hybridized carbons (Fsp3) is 0.692. The minimum atomic E-state index is -0.702. The molecule has 0 spiro atoms. The summed E-state index contributed by atoms with van der Waals surface area (Å²) in [6.45, 7) is 2.37. The molecule has 3 heterocycles. The van der Waals surface area contributed by atoms with Crippen molar-refractivity contribution in [3.63, 3.8) is 0 Å². The number of ether oxygens (including phenoxy) is 1. The summed E-state index contributed by atoms with van der Waals surface area (Å²) in [6.07, 6.45) is 5.57. The summed E-state index contributed by atoms with van der Waals surface area (Å²) >= 11 is 0. The highest BCUT2D eigenvalue weighted by molar-refractivity contribution is 5.70. The summed E-state index contributed by atoms with van der Waals surface area (Å²) in [6, 6.07) is 0. The zero-order chi connectivity index (χ0) is 12.5. The molecule has 0 radical (unpaired) electrons. The van der Waals surface area contributed by atoms with Crippen molar-refractivity contribution in [2.75, 3.05) is 13.2 Å². The van der Waals surface area contributed by atoms with Gasteiger partial charge in [-0.05, 0) is 19.3 Å². The lowest BCUT2D eigenvalue weighted by molar-refractivity contribution is -0.142. The fourth-order valence-electron chi connectivity index (χ4n) is 2.83. The van der Waals surface area contributed by atoms with Crippen LogP contribution in [0.25, 0.3) is 0 Å². The molecule has 98 valence electrons. The Hall–Kier alpha value is -1.36. The second-order valence-corrected chi connectivity index (χ2v) is 5.22. The monoisotopic (exact) mass is 250 g/mol. The summed E-state index contributed by atoms with van der Waals surface area (Å²) in [5.74, 6) is 0.344. The van der Waals surface area contributed by atoms with Gasteiger partial charge in [-0.3, -0.25) is 4.79 Å². The third kappa shape index (κ3) is 2.14. The lowest BCUT2D eigenvalue weighted by Gasteiger charge is -2.19. The van der Waals surface area contributed by atoms with Crippen molar-refractivity contribution in [2.45, 2.75) is 38.1 Å². The molecule has 3 rings (SSSR count). The van der Waals surface area contributed by atoms with E-state index < -0.39 is 5.97 Å². The molecule has 1 fully saturated rings. The lowest BCUT2D eigenvalue weighted by Crippen LogP contribution is -2.25. The number of imidazole rings is 1. The number of carboxylic acid groups (broad SMARTS) is 1. The molecule has 5 heteroatoms. The van der Waals surface area contributed by atoms with E-state index in [9.17, 15) is 4.79 Å². The normalized spacial score (nSPS) is 27.8. The summed E-state index contributed by atoms with van der Waals surface area (Å²) in [7, 11) is 0. The molecule has 0 amide bonds. The predicted molar refractivity (Wildman–Crippen MR) is 64.5 cm³/mol. The first-order valence-corrected chi connectivity index (χ1v) is 6.60. The van der Waals surface area contributed by atoms with Crippen LogP contribution >= 0.6 is 0 Å². The number of aliphatic carboxylic acids is 1. The number of hydrogen-bond donors (Lipinski definition) is 1. The van der Waals surface area contributed by atoms with Crippen LogP contribution in [0.3, 0.4) is 0 Å². The summed E-state index contributed by atoms with van der Waals surface area (Å²) in [5, 5.41) is 9.06. The van der Waals surface area contributed by atoms with E-state index in [-0.39, 0.29) is 5.92 Å². The molecule has 18 heavy (non-hydrogen) atoms. The van der Waals surface area contributed by atoms with Crippen LogP contribution in [0.15, 0.2) is 6.20 Å². The molecule has 0 aliphatic carbocycles. The topological polar surface area (TPSA) is 64.3 Å². The maximum absolute atomic E-state index is 11.0. The number of aryl methyl sites for hydroxylation is 1. The van der Waals surface area contributed by atoms with Crippen LogP contribution in [0.4, 0.5) is 0 Å². The average molecular weight is 250 g/mol. The van der Waals surface area contributed by atoms with Gasteiger partial charge < -0.3 is 14.4 Å². The molecule has 1 N–H and O–H groups in total. The largest absolute Gasteiger partial charge is 0.481 e. The Morgan fingerprint density at radius 2 is 2.39 bits per heavy atom. The second kappa shape index (κ2) is 4.72. The lowest BCUT2D eigenvalue weighted by atomic mass is 9.98. The SMILES string of the molecule is O=C(O)C1CCn2cc(C3CCCOC3)nc2C1.